The minimum atomic E-state index is -4.40. The maximum atomic E-state index is 11.5. The molecule has 4 aromatic carbocycles. The molecule has 0 atom stereocenters. The van der Waals surface area contributed by atoms with Gasteiger partial charge in [0.05, 0.1) is 27.6 Å². The summed E-state index contributed by atoms with van der Waals surface area (Å²) >= 11 is 0. The van der Waals surface area contributed by atoms with Crippen LogP contribution in [0.5, 0.6) is 5.75 Å². The van der Waals surface area contributed by atoms with Crippen LogP contribution in [0.25, 0.3) is 10.8 Å². The predicted octanol–water partition coefficient (Wildman–Crippen LogP) is 5.90. The van der Waals surface area contributed by atoms with E-state index in [1.54, 1.807) is 36.4 Å². The molecule has 0 spiro atoms. The molecule has 0 aromatic heterocycles. The Labute approximate surface area is 198 Å². The van der Waals surface area contributed by atoms with Gasteiger partial charge in [-0.2, -0.15) is 23.8 Å². The molecular weight excluding hydrogens is 474 g/mol. The van der Waals surface area contributed by atoms with E-state index in [0.717, 1.165) is 0 Å². The lowest BCUT2D eigenvalue weighted by Crippen LogP contribution is -1.98. The van der Waals surface area contributed by atoms with Crippen LogP contribution in [0.4, 0.5) is 28.4 Å². The van der Waals surface area contributed by atoms with Crippen molar-refractivity contribution >= 4 is 55.3 Å². The number of fused-ring (bicyclic) bond motifs is 1. The fourth-order valence-electron chi connectivity index (χ4n) is 3.15. The number of carboxylic acids is 1. The van der Waals surface area contributed by atoms with E-state index in [4.69, 9.17) is 10.8 Å². The SMILES string of the molecule is Nc1ccc(N=Nc2ccc(N=Nc3ccc(O)c(C(=O)O)c3)cc2)c2cc(S(=O)(=O)O)ccc12. The molecule has 0 heterocycles. The molecule has 5 N–H and O–H groups in total. The maximum absolute atomic E-state index is 11.5. The molecular formula is C23H17N5O6S. The molecule has 0 aliphatic carbocycles. The Morgan fingerprint density at radius 1 is 0.743 bits per heavy atom. The molecule has 35 heavy (non-hydrogen) atoms. The molecule has 0 bridgehead atoms. The summed E-state index contributed by atoms with van der Waals surface area (Å²) in [5.74, 6) is -1.65. The second-order valence-corrected chi connectivity index (χ2v) is 8.70. The first-order valence-corrected chi connectivity index (χ1v) is 11.4. The van der Waals surface area contributed by atoms with Crippen LogP contribution < -0.4 is 5.73 Å². The number of carbonyl (C=O) groups is 1. The Balaban J connectivity index is 1.57. The number of benzene rings is 4. The van der Waals surface area contributed by atoms with Gasteiger partial charge in [-0.15, -0.1) is 5.11 Å². The van der Waals surface area contributed by atoms with Gasteiger partial charge in [0.15, 0.2) is 0 Å². The fraction of sp³-hybridized carbons (Fsp3) is 0. The molecule has 0 fully saturated rings. The molecule has 0 saturated heterocycles. The lowest BCUT2D eigenvalue weighted by molar-refractivity contribution is 0.0693. The van der Waals surface area contributed by atoms with E-state index in [2.05, 4.69) is 20.5 Å². The largest absolute Gasteiger partial charge is 0.507 e. The van der Waals surface area contributed by atoms with Crippen molar-refractivity contribution in [1.29, 1.82) is 0 Å². The van der Waals surface area contributed by atoms with E-state index < -0.39 is 16.1 Å². The van der Waals surface area contributed by atoms with Crippen molar-refractivity contribution in [3.05, 3.63) is 78.4 Å². The van der Waals surface area contributed by atoms with Gasteiger partial charge in [0.2, 0.25) is 0 Å². The van der Waals surface area contributed by atoms with Crippen LogP contribution in [0, 0.1) is 0 Å². The van der Waals surface area contributed by atoms with Crippen molar-refractivity contribution in [2.75, 3.05) is 5.73 Å². The molecule has 0 radical (unpaired) electrons. The minimum Gasteiger partial charge on any atom is -0.507 e. The monoisotopic (exact) mass is 491 g/mol. The van der Waals surface area contributed by atoms with Crippen molar-refractivity contribution in [2.45, 2.75) is 4.90 Å². The summed E-state index contributed by atoms with van der Waals surface area (Å²) in [6, 6.07) is 17.6. The first-order chi connectivity index (χ1) is 16.6. The first-order valence-electron chi connectivity index (χ1n) is 9.91. The van der Waals surface area contributed by atoms with Crippen LogP contribution in [0.15, 0.2) is 98.1 Å². The lowest BCUT2D eigenvalue weighted by Gasteiger charge is -2.06. The number of azo groups is 2. The summed E-state index contributed by atoms with van der Waals surface area (Å²) in [7, 11) is -4.40. The van der Waals surface area contributed by atoms with E-state index in [-0.39, 0.29) is 21.9 Å². The highest BCUT2D eigenvalue weighted by Crippen LogP contribution is 2.33. The van der Waals surface area contributed by atoms with Gasteiger partial charge < -0.3 is 15.9 Å². The maximum Gasteiger partial charge on any atom is 0.339 e. The average Bonchev–Trinajstić information content (AvgIpc) is 2.83. The van der Waals surface area contributed by atoms with E-state index in [1.165, 1.54) is 36.4 Å². The summed E-state index contributed by atoms with van der Waals surface area (Å²) in [5.41, 5.74) is 7.64. The highest BCUT2D eigenvalue weighted by atomic mass is 32.2. The summed E-state index contributed by atoms with van der Waals surface area (Å²) in [4.78, 5) is 10.8. The van der Waals surface area contributed by atoms with E-state index >= 15 is 0 Å². The van der Waals surface area contributed by atoms with E-state index in [0.29, 0.717) is 33.5 Å². The molecule has 0 aliphatic heterocycles. The summed E-state index contributed by atoms with van der Waals surface area (Å²) < 4.78 is 32.4. The molecule has 12 heteroatoms. The molecule has 176 valence electrons. The van der Waals surface area contributed by atoms with E-state index in [1.807, 2.05) is 0 Å². The zero-order chi connectivity index (χ0) is 25.2. The summed E-state index contributed by atoms with van der Waals surface area (Å²) in [5, 5.41) is 35.9. The van der Waals surface area contributed by atoms with Gasteiger partial charge in [-0.1, -0.05) is 6.07 Å². The standard InChI is InChI=1S/C23H17N5O6S/c24-20-8-9-21(18-12-16(35(32,33)34)6-7-17(18)20)28-26-14-3-1-13(2-4-14)25-27-15-5-10-22(29)19(11-15)23(30)31/h1-12,29H,24H2,(H,30,31)(H,32,33,34). The fourth-order valence-corrected chi connectivity index (χ4v) is 3.66. The lowest BCUT2D eigenvalue weighted by atomic mass is 10.1. The predicted molar refractivity (Wildman–Crippen MR) is 128 cm³/mol. The van der Waals surface area contributed by atoms with Gasteiger partial charge in [-0.05, 0) is 66.7 Å². The number of aromatic carboxylic acids is 1. The topological polar surface area (TPSA) is 187 Å². The third kappa shape index (κ3) is 5.29. The van der Waals surface area contributed by atoms with Gasteiger partial charge in [0.25, 0.3) is 10.1 Å². The number of aromatic hydroxyl groups is 1. The molecule has 0 aliphatic rings. The van der Waals surface area contributed by atoms with Crippen molar-refractivity contribution < 1.29 is 28.0 Å². The molecule has 0 amide bonds. The molecule has 0 unspecified atom stereocenters. The number of nitrogens with zero attached hydrogens (tertiary/aromatic N) is 4. The third-order valence-corrected chi connectivity index (χ3v) is 5.76. The average molecular weight is 491 g/mol. The second kappa shape index (κ2) is 9.29. The van der Waals surface area contributed by atoms with Crippen LogP contribution >= 0.6 is 0 Å². The number of hydrogen-bond acceptors (Lipinski definition) is 9. The van der Waals surface area contributed by atoms with Gasteiger partial charge in [0.1, 0.15) is 11.3 Å². The van der Waals surface area contributed by atoms with Crippen LogP contribution in [0.3, 0.4) is 0 Å². The number of anilines is 1. The Hall–Kier alpha value is -4.68. The van der Waals surface area contributed by atoms with Crippen LogP contribution in [0.2, 0.25) is 0 Å². The number of rotatable bonds is 6. The van der Waals surface area contributed by atoms with Crippen LogP contribution in [-0.4, -0.2) is 29.2 Å². The molecule has 4 rings (SSSR count). The normalized spacial score (nSPS) is 12.0. The Bertz CT molecular complexity index is 1620. The van der Waals surface area contributed by atoms with Crippen molar-refractivity contribution in [3.63, 3.8) is 0 Å². The minimum absolute atomic E-state index is 0.253. The van der Waals surface area contributed by atoms with Gasteiger partial charge in [-0.25, -0.2) is 4.79 Å². The number of nitrogens with two attached hydrogens (primary N) is 1. The smallest absolute Gasteiger partial charge is 0.339 e. The number of hydrogen-bond donors (Lipinski definition) is 4. The summed E-state index contributed by atoms with van der Waals surface area (Å²) in [6.07, 6.45) is 0. The van der Waals surface area contributed by atoms with E-state index in [9.17, 15) is 22.9 Å². The zero-order valence-electron chi connectivity index (χ0n) is 17.8. The quantitative estimate of drug-likeness (QED) is 0.147. The van der Waals surface area contributed by atoms with Crippen molar-refractivity contribution in [2.24, 2.45) is 20.5 Å². The number of carboxylic acid groups (broad SMARTS) is 1. The highest BCUT2D eigenvalue weighted by Gasteiger charge is 2.13. The zero-order valence-corrected chi connectivity index (χ0v) is 18.6. The Morgan fingerprint density at radius 2 is 1.34 bits per heavy atom. The first kappa shape index (κ1) is 23.5. The Morgan fingerprint density at radius 3 is 1.97 bits per heavy atom. The van der Waals surface area contributed by atoms with Crippen molar-refractivity contribution in [1.82, 2.24) is 0 Å². The van der Waals surface area contributed by atoms with Crippen LogP contribution in [0.1, 0.15) is 10.4 Å². The molecule has 0 saturated carbocycles. The van der Waals surface area contributed by atoms with Gasteiger partial charge in [-0.3, -0.25) is 4.55 Å². The van der Waals surface area contributed by atoms with Gasteiger partial charge in [0, 0.05) is 16.5 Å². The van der Waals surface area contributed by atoms with Crippen molar-refractivity contribution in [3.8, 4) is 5.75 Å². The second-order valence-electron chi connectivity index (χ2n) is 7.28. The van der Waals surface area contributed by atoms with Crippen LogP contribution in [-0.2, 0) is 10.1 Å². The third-order valence-electron chi connectivity index (χ3n) is 4.91. The van der Waals surface area contributed by atoms with Gasteiger partial charge >= 0.3 is 5.97 Å². The number of phenols is 1. The summed E-state index contributed by atoms with van der Waals surface area (Å²) in [6.45, 7) is 0. The number of nitrogen functional groups attached to an aromatic ring is 1. The molecule has 4 aromatic rings. The molecule has 11 nitrogen and oxygen atoms in total. The Kier molecular flexibility index (Phi) is 6.23. The highest BCUT2D eigenvalue weighted by molar-refractivity contribution is 7.85.